The highest BCUT2D eigenvalue weighted by Crippen LogP contribution is 2.21. The van der Waals surface area contributed by atoms with Gasteiger partial charge in [-0.1, -0.05) is 36.4 Å². The van der Waals surface area contributed by atoms with Crippen LogP contribution in [0.5, 0.6) is 0 Å². The molecule has 2 aromatic rings. The Morgan fingerprint density at radius 2 is 1.86 bits per heavy atom. The maximum Gasteiger partial charge on any atom is 0.181 e. The molecule has 2 nitrogen and oxygen atoms in total. The summed E-state index contributed by atoms with van der Waals surface area (Å²) in [5.74, 6) is -1.60. The third-order valence-corrected chi connectivity index (χ3v) is 3.83. The Hall–Kier alpha value is -1.94. The van der Waals surface area contributed by atoms with Crippen LogP contribution in [0, 0.1) is 11.6 Å². The fourth-order valence-corrected chi connectivity index (χ4v) is 2.77. The van der Waals surface area contributed by atoms with Gasteiger partial charge in [-0.05, 0) is 24.1 Å². The third-order valence-electron chi connectivity index (χ3n) is 3.83. The molecule has 110 valence electrons. The molecule has 1 aliphatic rings. The highest BCUT2D eigenvalue weighted by molar-refractivity contribution is 5.46. The Morgan fingerprint density at radius 1 is 1.05 bits per heavy atom. The third kappa shape index (κ3) is 3.39. The molecular weight excluding hydrogens is 270 g/mol. The van der Waals surface area contributed by atoms with E-state index in [4.69, 9.17) is 0 Å². The lowest BCUT2D eigenvalue weighted by atomic mass is 10.2. The van der Waals surface area contributed by atoms with E-state index in [-0.39, 0.29) is 11.7 Å². The molecule has 0 saturated carbocycles. The van der Waals surface area contributed by atoms with Crippen molar-refractivity contribution in [3.8, 4) is 0 Å². The molecule has 1 fully saturated rings. The predicted molar refractivity (Wildman–Crippen MR) is 80.1 cm³/mol. The summed E-state index contributed by atoms with van der Waals surface area (Å²) in [6.45, 7) is 2.69. The molecule has 2 aromatic carbocycles. The molecule has 1 atom stereocenters. The van der Waals surface area contributed by atoms with E-state index < -0.39 is 11.6 Å². The number of rotatable bonds is 4. The lowest BCUT2D eigenvalue weighted by Gasteiger charge is -2.17. The van der Waals surface area contributed by atoms with Crippen LogP contribution in [-0.4, -0.2) is 24.0 Å². The summed E-state index contributed by atoms with van der Waals surface area (Å²) in [5, 5.41) is 3.11. The van der Waals surface area contributed by atoms with Crippen molar-refractivity contribution >= 4 is 5.69 Å². The molecule has 3 rings (SSSR count). The maximum absolute atomic E-state index is 13.6. The van der Waals surface area contributed by atoms with Crippen molar-refractivity contribution in [1.29, 1.82) is 0 Å². The number of nitrogens with one attached hydrogen (secondary N) is 1. The van der Waals surface area contributed by atoms with Gasteiger partial charge in [-0.25, -0.2) is 8.78 Å². The van der Waals surface area contributed by atoms with Gasteiger partial charge in [-0.15, -0.1) is 0 Å². The fourth-order valence-electron chi connectivity index (χ4n) is 2.77. The summed E-state index contributed by atoms with van der Waals surface area (Å²) < 4.78 is 26.8. The Morgan fingerprint density at radius 3 is 2.67 bits per heavy atom. The number of hydrogen-bond acceptors (Lipinski definition) is 2. The van der Waals surface area contributed by atoms with Gasteiger partial charge in [0.25, 0.3) is 0 Å². The largest absolute Gasteiger partial charge is 0.379 e. The first-order valence-corrected chi connectivity index (χ1v) is 7.19. The first-order valence-electron chi connectivity index (χ1n) is 7.19. The van der Waals surface area contributed by atoms with E-state index in [2.05, 4.69) is 22.3 Å². The number of benzene rings is 2. The zero-order chi connectivity index (χ0) is 14.7. The molecule has 4 heteroatoms. The second kappa shape index (κ2) is 6.22. The monoisotopic (exact) mass is 288 g/mol. The van der Waals surface area contributed by atoms with Crippen LogP contribution in [0.4, 0.5) is 14.5 Å². The SMILES string of the molecule is Fc1cccc(NC2CCN(Cc3ccccc3)C2)c1F. The molecule has 0 spiro atoms. The molecule has 1 saturated heterocycles. The fraction of sp³-hybridized carbons (Fsp3) is 0.294. The van der Waals surface area contributed by atoms with Gasteiger partial charge >= 0.3 is 0 Å². The lowest BCUT2D eigenvalue weighted by Crippen LogP contribution is -2.26. The van der Waals surface area contributed by atoms with Crippen LogP contribution in [0.25, 0.3) is 0 Å². The van der Waals surface area contributed by atoms with Gasteiger partial charge < -0.3 is 5.32 Å². The molecular formula is C17H18F2N2. The second-order valence-electron chi connectivity index (χ2n) is 5.45. The summed E-state index contributed by atoms with van der Waals surface area (Å²) in [5.41, 5.74) is 1.52. The molecule has 1 heterocycles. The van der Waals surface area contributed by atoms with Crippen molar-refractivity contribution in [3.05, 3.63) is 65.7 Å². The van der Waals surface area contributed by atoms with E-state index in [9.17, 15) is 8.78 Å². The van der Waals surface area contributed by atoms with Crippen LogP contribution in [-0.2, 0) is 6.54 Å². The Balaban J connectivity index is 1.59. The zero-order valence-electron chi connectivity index (χ0n) is 11.7. The minimum atomic E-state index is -0.806. The number of halogens is 2. The van der Waals surface area contributed by atoms with Gasteiger partial charge in [0.2, 0.25) is 0 Å². The van der Waals surface area contributed by atoms with Crippen molar-refractivity contribution in [3.63, 3.8) is 0 Å². The lowest BCUT2D eigenvalue weighted by molar-refractivity contribution is 0.328. The molecule has 0 amide bonds. The molecule has 1 unspecified atom stereocenters. The quantitative estimate of drug-likeness (QED) is 0.924. The van der Waals surface area contributed by atoms with Crippen molar-refractivity contribution in [1.82, 2.24) is 4.90 Å². The van der Waals surface area contributed by atoms with E-state index >= 15 is 0 Å². The summed E-state index contributed by atoms with van der Waals surface area (Å²) in [6, 6.07) is 14.7. The van der Waals surface area contributed by atoms with Gasteiger partial charge in [0.05, 0.1) is 5.69 Å². The zero-order valence-corrected chi connectivity index (χ0v) is 11.7. The van der Waals surface area contributed by atoms with E-state index in [0.717, 1.165) is 32.1 Å². The van der Waals surface area contributed by atoms with E-state index in [1.807, 2.05) is 18.2 Å². The van der Waals surface area contributed by atoms with Crippen molar-refractivity contribution in [2.24, 2.45) is 0 Å². The standard InChI is InChI=1S/C17H18F2N2/c18-15-7-4-8-16(17(15)19)20-14-9-10-21(12-14)11-13-5-2-1-3-6-13/h1-8,14,20H,9-12H2. The first-order chi connectivity index (χ1) is 10.2. The molecule has 21 heavy (non-hydrogen) atoms. The Labute approximate surface area is 123 Å². The van der Waals surface area contributed by atoms with Gasteiger partial charge in [0.15, 0.2) is 11.6 Å². The molecule has 1 N–H and O–H groups in total. The topological polar surface area (TPSA) is 15.3 Å². The van der Waals surface area contributed by atoms with Crippen LogP contribution < -0.4 is 5.32 Å². The smallest absolute Gasteiger partial charge is 0.181 e. The van der Waals surface area contributed by atoms with Crippen LogP contribution in [0.3, 0.4) is 0 Å². The molecule has 0 aliphatic carbocycles. The first kappa shape index (κ1) is 14.0. The van der Waals surface area contributed by atoms with Gasteiger partial charge in [-0.3, -0.25) is 4.90 Å². The van der Waals surface area contributed by atoms with E-state index in [1.54, 1.807) is 6.07 Å². The van der Waals surface area contributed by atoms with Crippen LogP contribution in [0.1, 0.15) is 12.0 Å². The highest BCUT2D eigenvalue weighted by Gasteiger charge is 2.23. The number of nitrogens with zero attached hydrogens (tertiary/aromatic N) is 1. The highest BCUT2D eigenvalue weighted by atomic mass is 19.2. The summed E-state index contributed by atoms with van der Waals surface area (Å²) in [7, 11) is 0. The minimum absolute atomic E-state index is 0.157. The predicted octanol–water partition coefficient (Wildman–Crippen LogP) is 3.65. The average Bonchev–Trinajstić information content (AvgIpc) is 2.92. The van der Waals surface area contributed by atoms with Crippen molar-refractivity contribution < 1.29 is 8.78 Å². The number of anilines is 1. The second-order valence-corrected chi connectivity index (χ2v) is 5.45. The summed E-state index contributed by atoms with van der Waals surface area (Å²) in [4.78, 5) is 2.32. The minimum Gasteiger partial charge on any atom is -0.379 e. The van der Waals surface area contributed by atoms with E-state index in [1.165, 1.54) is 11.6 Å². The number of likely N-dealkylation sites (tertiary alicyclic amines) is 1. The van der Waals surface area contributed by atoms with Crippen LogP contribution >= 0.6 is 0 Å². The van der Waals surface area contributed by atoms with Gasteiger partial charge in [0, 0.05) is 25.7 Å². The Bertz CT molecular complexity index is 601. The molecule has 0 radical (unpaired) electrons. The molecule has 1 aliphatic heterocycles. The summed E-state index contributed by atoms with van der Waals surface area (Å²) in [6.07, 6.45) is 0.933. The van der Waals surface area contributed by atoms with Crippen molar-refractivity contribution in [2.45, 2.75) is 19.0 Å². The molecule has 0 bridgehead atoms. The number of hydrogen-bond donors (Lipinski definition) is 1. The van der Waals surface area contributed by atoms with Crippen molar-refractivity contribution in [2.75, 3.05) is 18.4 Å². The van der Waals surface area contributed by atoms with Crippen LogP contribution in [0.2, 0.25) is 0 Å². The van der Waals surface area contributed by atoms with E-state index in [0.29, 0.717) is 0 Å². The Kier molecular flexibility index (Phi) is 4.15. The average molecular weight is 288 g/mol. The normalized spacial score (nSPS) is 18.9. The molecule has 0 aromatic heterocycles. The summed E-state index contributed by atoms with van der Waals surface area (Å²) >= 11 is 0. The maximum atomic E-state index is 13.6. The van der Waals surface area contributed by atoms with Crippen LogP contribution in [0.15, 0.2) is 48.5 Å². The van der Waals surface area contributed by atoms with Gasteiger partial charge in [0.1, 0.15) is 0 Å². The van der Waals surface area contributed by atoms with Gasteiger partial charge in [-0.2, -0.15) is 0 Å².